The highest BCUT2D eigenvalue weighted by Gasteiger charge is 2.25. The number of aliphatic hydroxyl groups excluding tert-OH is 1. The topological polar surface area (TPSA) is 104 Å². The molecular weight excluding hydrogens is 478 g/mol. The van der Waals surface area contributed by atoms with Gasteiger partial charge in [-0.2, -0.15) is 5.10 Å². The highest BCUT2D eigenvalue weighted by molar-refractivity contribution is 6.04. The Bertz CT molecular complexity index is 1380. The summed E-state index contributed by atoms with van der Waals surface area (Å²) in [5, 5.41) is 15.5. The van der Waals surface area contributed by atoms with E-state index in [1.165, 1.54) is 36.7 Å². The predicted molar refractivity (Wildman–Crippen MR) is 123 cm³/mol. The Balaban J connectivity index is 1.66. The summed E-state index contributed by atoms with van der Waals surface area (Å²) in [6.45, 7) is -0.825. The highest BCUT2D eigenvalue weighted by Crippen LogP contribution is 2.33. The molecule has 4 aromatic rings. The van der Waals surface area contributed by atoms with Gasteiger partial charge in [0.1, 0.15) is 35.0 Å². The maximum atomic E-state index is 15.2. The third kappa shape index (κ3) is 5.36. The van der Waals surface area contributed by atoms with Crippen molar-refractivity contribution in [2.75, 3.05) is 6.61 Å². The van der Waals surface area contributed by atoms with E-state index in [1.807, 2.05) is 0 Å². The Kier molecular flexibility index (Phi) is 7.59. The lowest BCUT2D eigenvalue weighted by Crippen LogP contribution is -2.24. The molecule has 0 saturated carbocycles. The second-order valence-electron chi connectivity index (χ2n) is 7.75. The zero-order chi connectivity index (χ0) is 25.7. The maximum Gasteiger partial charge on any atom is 0.277 e. The first-order valence-electron chi connectivity index (χ1n) is 10.8. The molecule has 184 valence electrons. The zero-order valence-electron chi connectivity index (χ0n) is 18.6. The third-order valence-corrected chi connectivity index (χ3v) is 5.38. The predicted octanol–water partition coefficient (Wildman–Crippen LogP) is 4.35. The highest BCUT2D eigenvalue weighted by atomic mass is 19.1. The van der Waals surface area contributed by atoms with Gasteiger partial charge in [0.15, 0.2) is 5.82 Å². The fourth-order valence-electron chi connectivity index (χ4n) is 3.54. The number of halogens is 4. The molecule has 2 atom stereocenters. The Hall–Kier alpha value is -4.25. The van der Waals surface area contributed by atoms with Gasteiger partial charge in [0, 0.05) is 36.5 Å². The van der Waals surface area contributed by atoms with E-state index < -0.39 is 53.3 Å². The van der Waals surface area contributed by atoms with E-state index in [1.54, 1.807) is 6.07 Å². The van der Waals surface area contributed by atoms with Gasteiger partial charge in [0.05, 0.1) is 17.7 Å². The molecule has 2 N–H and O–H groups in total. The normalized spacial score (nSPS) is 13.1. The molecule has 7 nitrogen and oxygen atoms in total. The van der Waals surface area contributed by atoms with Crippen LogP contribution in [0.25, 0.3) is 22.5 Å². The number of amides is 1. The SMILES string of the molecule is O=C(N=CC(Cc1ncccn1)[C@H](F)CO)c1cccc(F)c1-c1[nH]nc(-c2ccc(F)cc2)c1F. The van der Waals surface area contributed by atoms with Crippen molar-refractivity contribution in [2.45, 2.75) is 12.6 Å². The number of rotatable bonds is 8. The summed E-state index contributed by atoms with van der Waals surface area (Å²) in [7, 11) is 0. The summed E-state index contributed by atoms with van der Waals surface area (Å²) in [6.07, 6.45) is 2.12. The number of aromatic amines is 1. The van der Waals surface area contributed by atoms with Gasteiger partial charge in [-0.25, -0.2) is 32.5 Å². The van der Waals surface area contributed by atoms with Crippen molar-refractivity contribution in [2.24, 2.45) is 10.9 Å². The molecule has 0 aliphatic rings. The van der Waals surface area contributed by atoms with Gasteiger partial charge in [-0.05, 0) is 42.5 Å². The minimum absolute atomic E-state index is 0.0500. The van der Waals surface area contributed by atoms with Gasteiger partial charge in [0.2, 0.25) is 0 Å². The van der Waals surface area contributed by atoms with Crippen LogP contribution in [0.2, 0.25) is 0 Å². The van der Waals surface area contributed by atoms with E-state index in [4.69, 9.17) is 0 Å². The van der Waals surface area contributed by atoms with Crippen LogP contribution in [0.3, 0.4) is 0 Å². The van der Waals surface area contributed by atoms with Crippen LogP contribution in [0.4, 0.5) is 17.6 Å². The standard InChI is InChI=1S/C25H19F4N5O2/c26-16-7-5-14(6-8-16)23-22(29)24(34-33-23)21-17(3-1-4-18(21)27)25(36)32-12-15(19(28)13-35)11-20-30-9-2-10-31-20/h1-10,12,15,19,35H,11,13H2,(H,33,34)/t15?,19-/m1/s1. The lowest BCUT2D eigenvalue weighted by atomic mass is 10.00. The minimum atomic E-state index is -1.76. The van der Waals surface area contributed by atoms with E-state index in [9.17, 15) is 23.1 Å². The summed E-state index contributed by atoms with van der Waals surface area (Å²) in [6, 6.07) is 9.96. The molecule has 1 unspecified atom stereocenters. The van der Waals surface area contributed by atoms with Crippen molar-refractivity contribution < 1.29 is 27.5 Å². The Labute approximate surface area is 202 Å². The van der Waals surface area contributed by atoms with Crippen LogP contribution in [0.15, 0.2) is 65.9 Å². The van der Waals surface area contributed by atoms with Crippen molar-refractivity contribution in [1.29, 1.82) is 0 Å². The number of hydrogen-bond donors (Lipinski definition) is 2. The molecular formula is C25H19F4N5O2. The maximum absolute atomic E-state index is 15.2. The van der Waals surface area contributed by atoms with Crippen LogP contribution in [-0.2, 0) is 6.42 Å². The molecule has 36 heavy (non-hydrogen) atoms. The van der Waals surface area contributed by atoms with Gasteiger partial charge in [-0.15, -0.1) is 0 Å². The van der Waals surface area contributed by atoms with Crippen molar-refractivity contribution in [3.63, 3.8) is 0 Å². The summed E-state index contributed by atoms with van der Waals surface area (Å²) >= 11 is 0. The second kappa shape index (κ2) is 11.0. The number of alkyl halides is 1. The number of carbonyl (C=O) groups excluding carboxylic acids is 1. The van der Waals surface area contributed by atoms with Crippen LogP contribution < -0.4 is 0 Å². The summed E-state index contributed by atoms with van der Waals surface area (Å²) < 4.78 is 57.6. The fraction of sp³-hybridized carbons (Fsp3) is 0.160. The van der Waals surface area contributed by atoms with Crippen LogP contribution >= 0.6 is 0 Å². The molecule has 0 aliphatic carbocycles. The molecule has 0 fully saturated rings. The van der Waals surface area contributed by atoms with E-state index >= 15 is 4.39 Å². The second-order valence-corrected chi connectivity index (χ2v) is 7.75. The number of nitrogens with one attached hydrogen (secondary N) is 1. The zero-order valence-corrected chi connectivity index (χ0v) is 18.6. The monoisotopic (exact) mass is 497 g/mol. The summed E-state index contributed by atoms with van der Waals surface area (Å²) in [5.74, 6) is -4.14. The van der Waals surface area contributed by atoms with Gasteiger partial charge < -0.3 is 5.11 Å². The first kappa shape index (κ1) is 24.9. The molecule has 1 amide bonds. The molecule has 2 aromatic carbocycles. The van der Waals surface area contributed by atoms with E-state index in [0.717, 1.165) is 24.4 Å². The molecule has 2 heterocycles. The number of hydrogen-bond acceptors (Lipinski definition) is 5. The van der Waals surface area contributed by atoms with E-state index in [2.05, 4.69) is 25.2 Å². The minimum Gasteiger partial charge on any atom is -0.393 e. The third-order valence-electron chi connectivity index (χ3n) is 5.38. The average Bonchev–Trinajstić information content (AvgIpc) is 3.27. The van der Waals surface area contributed by atoms with E-state index in [-0.39, 0.29) is 29.1 Å². The van der Waals surface area contributed by atoms with Gasteiger partial charge in [-0.3, -0.25) is 9.89 Å². The Morgan fingerprint density at radius 2 is 1.78 bits per heavy atom. The van der Waals surface area contributed by atoms with Crippen molar-refractivity contribution in [3.8, 4) is 22.5 Å². The summed E-state index contributed by atoms with van der Waals surface area (Å²) in [5.41, 5.74) is -1.07. The number of benzene rings is 2. The van der Waals surface area contributed by atoms with Crippen LogP contribution in [-0.4, -0.2) is 50.2 Å². The molecule has 0 saturated heterocycles. The lowest BCUT2D eigenvalue weighted by Gasteiger charge is -2.14. The molecule has 0 bridgehead atoms. The number of nitrogens with zero attached hydrogens (tertiary/aromatic N) is 4. The molecule has 0 spiro atoms. The first-order chi connectivity index (χ1) is 17.4. The molecule has 2 aromatic heterocycles. The van der Waals surface area contributed by atoms with Gasteiger partial charge in [-0.1, -0.05) is 6.07 Å². The molecule has 4 rings (SSSR count). The smallest absolute Gasteiger partial charge is 0.277 e. The number of aliphatic hydroxyl groups is 1. The first-order valence-corrected chi connectivity index (χ1v) is 10.8. The van der Waals surface area contributed by atoms with Crippen molar-refractivity contribution in [3.05, 3.63) is 89.8 Å². The van der Waals surface area contributed by atoms with Crippen molar-refractivity contribution >= 4 is 12.1 Å². The largest absolute Gasteiger partial charge is 0.393 e. The van der Waals surface area contributed by atoms with Gasteiger partial charge >= 0.3 is 0 Å². The lowest BCUT2D eigenvalue weighted by molar-refractivity contribution is 0.100. The van der Waals surface area contributed by atoms with E-state index in [0.29, 0.717) is 0 Å². The number of carbonyl (C=O) groups is 1. The molecule has 0 aliphatic heterocycles. The Morgan fingerprint density at radius 1 is 1.06 bits per heavy atom. The number of aromatic nitrogens is 4. The average molecular weight is 497 g/mol. The Morgan fingerprint density at radius 3 is 2.47 bits per heavy atom. The van der Waals surface area contributed by atoms with Crippen LogP contribution in [0.1, 0.15) is 16.2 Å². The van der Waals surface area contributed by atoms with Crippen molar-refractivity contribution in [1.82, 2.24) is 20.2 Å². The van der Waals surface area contributed by atoms with Crippen LogP contribution in [0, 0.1) is 23.4 Å². The summed E-state index contributed by atoms with van der Waals surface area (Å²) in [4.78, 5) is 24.7. The molecule has 0 radical (unpaired) electrons. The quantitative estimate of drug-likeness (QED) is 0.278. The van der Waals surface area contributed by atoms with Gasteiger partial charge in [0.25, 0.3) is 5.91 Å². The molecule has 11 heteroatoms. The number of H-pyrrole nitrogens is 1. The fourth-order valence-corrected chi connectivity index (χ4v) is 3.54. The number of aliphatic imine (C=N–C) groups is 1. The van der Waals surface area contributed by atoms with Crippen LogP contribution in [0.5, 0.6) is 0 Å².